The molecule has 0 saturated heterocycles. The molecule has 0 aromatic heterocycles. The number of benzene rings is 2. The number of nitrogens with one attached hydrogen (secondary N) is 1. The summed E-state index contributed by atoms with van der Waals surface area (Å²) in [5.41, 5.74) is 0.744. The van der Waals surface area contributed by atoms with Crippen LogP contribution in [0.3, 0.4) is 0 Å². The van der Waals surface area contributed by atoms with Crippen LogP contribution in [0, 0.1) is 0 Å². The number of phenolic OH excluding ortho intramolecular Hbond substituents is 1. The zero-order valence-corrected chi connectivity index (χ0v) is 8.40. The third kappa shape index (κ3) is 1.79. The molecule has 76 valence electrons. The van der Waals surface area contributed by atoms with Crippen LogP contribution in [0.5, 0.6) is 5.75 Å². The maximum Gasteiger partial charge on any atom is 0.146 e. The fraction of sp³-hybridized carbons (Fsp3) is 0.0769. The lowest BCUT2D eigenvalue weighted by Crippen LogP contribution is -1.97. The van der Waals surface area contributed by atoms with Gasteiger partial charge in [0.2, 0.25) is 0 Å². The molecule has 0 radical (unpaired) electrons. The largest absolute Gasteiger partial charge is 0.505 e. The summed E-state index contributed by atoms with van der Waals surface area (Å²) >= 11 is 0. The van der Waals surface area contributed by atoms with Crippen LogP contribution in [-0.4, -0.2) is 11.7 Å². The lowest BCUT2D eigenvalue weighted by molar-refractivity contribution is 0.483. The summed E-state index contributed by atoms with van der Waals surface area (Å²) in [6, 6.07) is 11.6. The molecule has 0 fully saturated rings. The molecule has 0 aliphatic heterocycles. The van der Waals surface area contributed by atoms with Gasteiger partial charge < -0.3 is 10.4 Å². The predicted octanol–water partition coefficient (Wildman–Crippen LogP) is 3.14. The molecule has 0 spiro atoms. The second-order valence-electron chi connectivity index (χ2n) is 3.35. The fourth-order valence-electron chi connectivity index (χ4n) is 1.58. The molecule has 0 amide bonds. The Bertz CT molecular complexity index is 491. The molecular formula is C13H13NO. The molecule has 0 atom stereocenters. The Hall–Kier alpha value is -1.96. The van der Waals surface area contributed by atoms with Crippen molar-refractivity contribution >= 4 is 16.5 Å². The van der Waals surface area contributed by atoms with Gasteiger partial charge in [0.05, 0.1) is 5.69 Å². The van der Waals surface area contributed by atoms with Gasteiger partial charge in [0.25, 0.3) is 0 Å². The average molecular weight is 199 g/mol. The van der Waals surface area contributed by atoms with E-state index in [1.54, 1.807) is 6.08 Å². The molecule has 2 aromatic carbocycles. The van der Waals surface area contributed by atoms with Crippen LogP contribution in [0.2, 0.25) is 0 Å². The van der Waals surface area contributed by atoms with E-state index in [-0.39, 0.29) is 0 Å². The fourth-order valence-corrected chi connectivity index (χ4v) is 1.58. The monoisotopic (exact) mass is 199 g/mol. The summed E-state index contributed by atoms with van der Waals surface area (Å²) in [4.78, 5) is 0. The molecule has 2 N–H and O–H groups in total. The van der Waals surface area contributed by atoms with Crippen LogP contribution in [0.15, 0.2) is 49.1 Å². The van der Waals surface area contributed by atoms with Crippen LogP contribution < -0.4 is 5.32 Å². The zero-order chi connectivity index (χ0) is 10.7. The smallest absolute Gasteiger partial charge is 0.146 e. The van der Waals surface area contributed by atoms with E-state index >= 15 is 0 Å². The average Bonchev–Trinajstić information content (AvgIpc) is 2.29. The Balaban J connectivity index is 2.50. The molecule has 2 nitrogen and oxygen atoms in total. The van der Waals surface area contributed by atoms with Crippen LogP contribution in [0.1, 0.15) is 0 Å². The quantitative estimate of drug-likeness (QED) is 0.588. The summed E-state index contributed by atoms with van der Waals surface area (Å²) in [6.45, 7) is 4.27. The number of hydrogen-bond acceptors (Lipinski definition) is 2. The Morgan fingerprint density at radius 2 is 2.00 bits per heavy atom. The first kappa shape index (κ1) is 9.59. The minimum absolute atomic E-state index is 0.301. The van der Waals surface area contributed by atoms with Crippen molar-refractivity contribution in [3.05, 3.63) is 49.1 Å². The van der Waals surface area contributed by atoms with E-state index in [2.05, 4.69) is 11.9 Å². The van der Waals surface area contributed by atoms with E-state index in [4.69, 9.17) is 0 Å². The van der Waals surface area contributed by atoms with Crippen LogP contribution in [0.25, 0.3) is 10.8 Å². The molecule has 2 aromatic rings. The molecule has 0 aliphatic carbocycles. The summed E-state index contributed by atoms with van der Waals surface area (Å²) in [7, 11) is 0. The number of rotatable bonds is 3. The van der Waals surface area contributed by atoms with E-state index in [1.807, 2.05) is 36.4 Å². The number of anilines is 1. The Morgan fingerprint density at radius 3 is 2.80 bits per heavy atom. The Kier molecular flexibility index (Phi) is 2.59. The first-order valence-corrected chi connectivity index (χ1v) is 4.88. The summed E-state index contributed by atoms with van der Waals surface area (Å²) in [6.07, 6.45) is 1.76. The highest BCUT2D eigenvalue weighted by atomic mass is 16.3. The van der Waals surface area contributed by atoms with Gasteiger partial charge in [-0.1, -0.05) is 36.4 Å². The molecule has 0 bridgehead atoms. The normalized spacial score (nSPS) is 10.1. The topological polar surface area (TPSA) is 32.3 Å². The minimum atomic E-state index is 0.301. The number of phenols is 1. The molecule has 0 heterocycles. The molecule has 0 aliphatic rings. The second-order valence-corrected chi connectivity index (χ2v) is 3.35. The number of fused-ring (bicyclic) bond motifs is 1. The van der Waals surface area contributed by atoms with Gasteiger partial charge in [0.1, 0.15) is 5.75 Å². The molecule has 2 rings (SSSR count). The highest BCUT2D eigenvalue weighted by Crippen LogP contribution is 2.32. The first-order valence-electron chi connectivity index (χ1n) is 4.88. The molecular weight excluding hydrogens is 186 g/mol. The van der Waals surface area contributed by atoms with E-state index < -0.39 is 0 Å². The summed E-state index contributed by atoms with van der Waals surface area (Å²) < 4.78 is 0. The van der Waals surface area contributed by atoms with Crippen molar-refractivity contribution < 1.29 is 5.11 Å². The van der Waals surface area contributed by atoms with E-state index in [0.29, 0.717) is 12.3 Å². The minimum Gasteiger partial charge on any atom is -0.505 e. The van der Waals surface area contributed by atoms with Gasteiger partial charge in [-0.3, -0.25) is 0 Å². The molecule has 2 heteroatoms. The Labute approximate surface area is 88.9 Å². The third-order valence-corrected chi connectivity index (χ3v) is 2.34. The van der Waals surface area contributed by atoms with Crippen molar-refractivity contribution in [3.8, 4) is 5.75 Å². The summed E-state index contributed by atoms with van der Waals surface area (Å²) in [5, 5.41) is 15.0. The van der Waals surface area contributed by atoms with Crippen molar-refractivity contribution in [2.24, 2.45) is 0 Å². The third-order valence-electron chi connectivity index (χ3n) is 2.34. The van der Waals surface area contributed by atoms with Gasteiger partial charge in [-0.25, -0.2) is 0 Å². The molecule has 0 saturated carbocycles. The Morgan fingerprint density at radius 1 is 1.20 bits per heavy atom. The van der Waals surface area contributed by atoms with Gasteiger partial charge in [-0.15, -0.1) is 6.58 Å². The van der Waals surface area contributed by atoms with Gasteiger partial charge in [-0.2, -0.15) is 0 Å². The van der Waals surface area contributed by atoms with Gasteiger partial charge in [0.15, 0.2) is 0 Å². The second kappa shape index (κ2) is 4.05. The standard InChI is InChI=1S/C13H13NO/c1-2-9-14-12-8-7-10-5-3-4-6-11(10)13(12)15/h2-8,14-15H,1,9H2. The van der Waals surface area contributed by atoms with Crippen LogP contribution in [0.4, 0.5) is 5.69 Å². The summed E-state index contributed by atoms with van der Waals surface area (Å²) in [5.74, 6) is 0.301. The molecule has 15 heavy (non-hydrogen) atoms. The highest BCUT2D eigenvalue weighted by molar-refractivity contribution is 5.92. The van der Waals surface area contributed by atoms with Gasteiger partial charge in [-0.05, 0) is 11.5 Å². The van der Waals surface area contributed by atoms with Crippen molar-refractivity contribution in [2.75, 3.05) is 11.9 Å². The van der Waals surface area contributed by atoms with Gasteiger partial charge in [0, 0.05) is 11.9 Å². The van der Waals surface area contributed by atoms with E-state index in [1.165, 1.54) is 0 Å². The zero-order valence-electron chi connectivity index (χ0n) is 8.40. The maximum absolute atomic E-state index is 9.98. The van der Waals surface area contributed by atoms with Crippen molar-refractivity contribution in [3.63, 3.8) is 0 Å². The van der Waals surface area contributed by atoms with Crippen LogP contribution in [-0.2, 0) is 0 Å². The van der Waals surface area contributed by atoms with Crippen molar-refractivity contribution in [2.45, 2.75) is 0 Å². The predicted molar refractivity (Wildman–Crippen MR) is 64.3 cm³/mol. The van der Waals surface area contributed by atoms with E-state index in [0.717, 1.165) is 16.5 Å². The van der Waals surface area contributed by atoms with E-state index in [9.17, 15) is 5.11 Å². The van der Waals surface area contributed by atoms with Crippen LogP contribution >= 0.6 is 0 Å². The van der Waals surface area contributed by atoms with Crippen molar-refractivity contribution in [1.82, 2.24) is 0 Å². The molecule has 0 unspecified atom stereocenters. The number of hydrogen-bond donors (Lipinski definition) is 2. The van der Waals surface area contributed by atoms with Crippen molar-refractivity contribution in [1.29, 1.82) is 0 Å². The van der Waals surface area contributed by atoms with Gasteiger partial charge >= 0.3 is 0 Å². The maximum atomic E-state index is 9.98. The lowest BCUT2D eigenvalue weighted by Gasteiger charge is -2.08. The first-order chi connectivity index (χ1) is 7.33. The highest BCUT2D eigenvalue weighted by Gasteiger charge is 2.03. The lowest BCUT2D eigenvalue weighted by atomic mass is 10.1. The SMILES string of the molecule is C=CCNc1ccc2ccccc2c1O. The number of aromatic hydroxyl groups is 1.